The molecule has 2 aromatic rings. The van der Waals surface area contributed by atoms with Crippen LogP contribution in [0.3, 0.4) is 0 Å². The molecule has 0 aliphatic rings. The molecule has 2 amide bonds. The highest BCUT2D eigenvalue weighted by molar-refractivity contribution is 8.00. The molecule has 0 unspecified atom stereocenters. The zero-order valence-electron chi connectivity index (χ0n) is 15.5. The van der Waals surface area contributed by atoms with Crippen LogP contribution in [0.15, 0.2) is 59.5 Å². The van der Waals surface area contributed by atoms with Gasteiger partial charge in [-0.25, -0.2) is 0 Å². The minimum Gasteiger partial charge on any atom is -0.349 e. The Labute approximate surface area is 159 Å². The average Bonchev–Trinajstić information content (AvgIpc) is 2.60. The molecule has 138 valence electrons. The first-order valence-corrected chi connectivity index (χ1v) is 9.77. The van der Waals surface area contributed by atoms with Gasteiger partial charge in [-0.2, -0.15) is 0 Å². The number of anilines is 1. The lowest BCUT2D eigenvalue weighted by Crippen LogP contribution is -2.30. The SMILES string of the molecule is CC(=O)Nc1ccc(SCC(=O)N[C@H](CC(C)C)c2ccccc2)cc1. The molecule has 0 saturated carbocycles. The van der Waals surface area contributed by atoms with Crippen LogP contribution < -0.4 is 10.6 Å². The molecular formula is C21H26N2O2S. The Morgan fingerprint density at radius 3 is 2.23 bits per heavy atom. The first-order valence-electron chi connectivity index (χ1n) is 8.79. The molecule has 2 aromatic carbocycles. The average molecular weight is 371 g/mol. The van der Waals surface area contributed by atoms with Crippen molar-refractivity contribution in [2.75, 3.05) is 11.1 Å². The molecule has 4 nitrogen and oxygen atoms in total. The van der Waals surface area contributed by atoms with Gasteiger partial charge in [-0.3, -0.25) is 9.59 Å². The molecule has 5 heteroatoms. The highest BCUT2D eigenvalue weighted by Gasteiger charge is 2.16. The monoisotopic (exact) mass is 370 g/mol. The maximum atomic E-state index is 12.4. The van der Waals surface area contributed by atoms with E-state index in [4.69, 9.17) is 0 Å². The zero-order valence-corrected chi connectivity index (χ0v) is 16.3. The maximum Gasteiger partial charge on any atom is 0.230 e. The number of nitrogens with one attached hydrogen (secondary N) is 2. The van der Waals surface area contributed by atoms with E-state index in [-0.39, 0.29) is 17.9 Å². The number of hydrogen-bond donors (Lipinski definition) is 2. The van der Waals surface area contributed by atoms with Crippen LogP contribution >= 0.6 is 11.8 Å². The second-order valence-corrected chi connectivity index (χ2v) is 7.70. The van der Waals surface area contributed by atoms with Crippen LogP contribution in [0.5, 0.6) is 0 Å². The Balaban J connectivity index is 1.90. The third-order valence-electron chi connectivity index (χ3n) is 3.79. The summed E-state index contributed by atoms with van der Waals surface area (Å²) in [4.78, 5) is 24.4. The summed E-state index contributed by atoms with van der Waals surface area (Å²) in [6, 6.07) is 17.6. The Morgan fingerprint density at radius 1 is 1.00 bits per heavy atom. The molecule has 0 heterocycles. The van der Waals surface area contributed by atoms with Crippen molar-refractivity contribution in [3.05, 3.63) is 60.2 Å². The van der Waals surface area contributed by atoms with E-state index >= 15 is 0 Å². The number of thioether (sulfide) groups is 1. The number of hydrogen-bond acceptors (Lipinski definition) is 3. The van der Waals surface area contributed by atoms with Crippen LogP contribution in [-0.2, 0) is 9.59 Å². The van der Waals surface area contributed by atoms with Gasteiger partial charge in [0, 0.05) is 17.5 Å². The normalized spacial score (nSPS) is 11.8. The fraction of sp³-hybridized carbons (Fsp3) is 0.333. The predicted octanol–water partition coefficient (Wildman–Crippen LogP) is 4.64. The van der Waals surface area contributed by atoms with E-state index in [0.29, 0.717) is 11.7 Å². The van der Waals surface area contributed by atoms with Crippen molar-refractivity contribution in [2.45, 2.75) is 38.1 Å². The smallest absolute Gasteiger partial charge is 0.230 e. The fourth-order valence-electron chi connectivity index (χ4n) is 2.66. The van der Waals surface area contributed by atoms with Crippen LogP contribution in [-0.4, -0.2) is 17.6 Å². The van der Waals surface area contributed by atoms with E-state index in [1.165, 1.54) is 18.7 Å². The molecule has 26 heavy (non-hydrogen) atoms. The molecule has 0 aromatic heterocycles. The maximum absolute atomic E-state index is 12.4. The van der Waals surface area contributed by atoms with Crippen LogP contribution in [0, 0.1) is 5.92 Å². The summed E-state index contributed by atoms with van der Waals surface area (Å²) in [5, 5.41) is 5.89. The van der Waals surface area contributed by atoms with E-state index in [1.54, 1.807) is 0 Å². The molecule has 0 aliphatic carbocycles. The van der Waals surface area contributed by atoms with Gasteiger partial charge in [0.1, 0.15) is 0 Å². The highest BCUT2D eigenvalue weighted by atomic mass is 32.2. The second kappa shape index (κ2) is 10.0. The summed E-state index contributed by atoms with van der Waals surface area (Å²) in [6.07, 6.45) is 0.909. The van der Waals surface area contributed by atoms with Gasteiger partial charge in [-0.1, -0.05) is 44.2 Å². The number of carbonyl (C=O) groups is 2. The molecule has 0 fully saturated rings. The highest BCUT2D eigenvalue weighted by Crippen LogP contribution is 2.23. The van der Waals surface area contributed by atoms with E-state index < -0.39 is 0 Å². The number of amides is 2. The summed E-state index contributed by atoms with van der Waals surface area (Å²) >= 11 is 1.49. The Hall–Kier alpha value is -2.27. The van der Waals surface area contributed by atoms with Gasteiger partial charge in [0.15, 0.2) is 0 Å². The lowest BCUT2D eigenvalue weighted by molar-refractivity contribution is -0.119. The van der Waals surface area contributed by atoms with Crippen molar-refractivity contribution in [3.63, 3.8) is 0 Å². The Morgan fingerprint density at radius 2 is 1.65 bits per heavy atom. The first kappa shape index (κ1) is 20.0. The molecule has 0 saturated heterocycles. The minimum atomic E-state index is -0.0955. The van der Waals surface area contributed by atoms with Gasteiger partial charge in [-0.05, 0) is 42.2 Å². The van der Waals surface area contributed by atoms with E-state index in [9.17, 15) is 9.59 Å². The van der Waals surface area contributed by atoms with Crippen LogP contribution in [0.1, 0.15) is 38.8 Å². The van der Waals surface area contributed by atoms with Gasteiger partial charge in [0.25, 0.3) is 0 Å². The van der Waals surface area contributed by atoms with Crippen LogP contribution in [0.2, 0.25) is 0 Å². The lowest BCUT2D eigenvalue weighted by atomic mass is 9.97. The van der Waals surface area contributed by atoms with Crippen molar-refractivity contribution in [3.8, 4) is 0 Å². The standard InChI is InChI=1S/C21H26N2O2S/c1-15(2)13-20(17-7-5-4-6-8-17)23-21(25)14-26-19-11-9-18(10-12-19)22-16(3)24/h4-12,15,20H,13-14H2,1-3H3,(H,22,24)(H,23,25)/t20-/m1/s1. The van der Waals surface area contributed by atoms with Crippen LogP contribution in [0.25, 0.3) is 0 Å². The lowest BCUT2D eigenvalue weighted by Gasteiger charge is -2.21. The summed E-state index contributed by atoms with van der Waals surface area (Å²) in [5.41, 5.74) is 1.89. The van der Waals surface area contributed by atoms with Gasteiger partial charge >= 0.3 is 0 Å². The summed E-state index contributed by atoms with van der Waals surface area (Å²) in [5.74, 6) is 0.785. The van der Waals surface area contributed by atoms with Crippen molar-refractivity contribution in [1.29, 1.82) is 0 Å². The molecule has 0 spiro atoms. The minimum absolute atomic E-state index is 0.0236. The zero-order chi connectivity index (χ0) is 18.9. The summed E-state index contributed by atoms with van der Waals surface area (Å²) in [6.45, 7) is 5.80. The van der Waals surface area contributed by atoms with Crippen molar-refractivity contribution in [1.82, 2.24) is 5.32 Å². The third kappa shape index (κ3) is 6.92. The van der Waals surface area contributed by atoms with Gasteiger partial charge in [0.2, 0.25) is 11.8 Å². The topological polar surface area (TPSA) is 58.2 Å². The van der Waals surface area contributed by atoms with Crippen molar-refractivity contribution >= 4 is 29.3 Å². The third-order valence-corrected chi connectivity index (χ3v) is 4.80. The molecule has 0 aliphatic heterocycles. The van der Waals surface area contributed by atoms with Crippen molar-refractivity contribution in [2.24, 2.45) is 5.92 Å². The summed E-state index contributed by atoms with van der Waals surface area (Å²) in [7, 11) is 0. The molecule has 2 rings (SSSR count). The molecule has 0 bridgehead atoms. The quantitative estimate of drug-likeness (QED) is 0.666. The number of carbonyl (C=O) groups excluding carboxylic acids is 2. The van der Waals surface area contributed by atoms with E-state index in [1.807, 2.05) is 42.5 Å². The second-order valence-electron chi connectivity index (χ2n) is 6.65. The molecule has 2 N–H and O–H groups in total. The summed E-state index contributed by atoms with van der Waals surface area (Å²) < 4.78 is 0. The van der Waals surface area contributed by atoms with Gasteiger partial charge in [-0.15, -0.1) is 11.8 Å². The van der Waals surface area contributed by atoms with E-state index in [0.717, 1.165) is 22.6 Å². The van der Waals surface area contributed by atoms with Gasteiger partial charge < -0.3 is 10.6 Å². The number of benzene rings is 2. The fourth-order valence-corrected chi connectivity index (χ4v) is 3.37. The molecule has 1 atom stereocenters. The van der Waals surface area contributed by atoms with E-state index in [2.05, 4.69) is 36.6 Å². The van der Waals surface area contributed by atoms with Crippen LogP contribution in [0.4, 0.5) is 5.69 Å². The largest absolute Gasteiger partial charge is 0.349 e. The predicted molar refractivity (Wildman–Crippen MR) is 108 cm³/mol. The number of rotatable bonds is 8. The molecule has 0 radical (unpaired) electrons. The van der Waals surface area contributed by atoms with Crippen molar-refractivity contribution < 1.29 is 9.59 Å². The first-order chi connectivity index (χ1) is 12.4. The van der Waals surface area contributed by atoms with Gasteiger partial charge in [0.05, 0.1) is 11.8 Å². The molecular weight excluding hydrogens is 344 g/mol. The Kier molecular flexibility index (Phi) is 7.73. The Bertz CT molecular complexity index is 715.